The minimum atomic E-state index is -0.775. The van der Waals surface area contributed by atoms with Crippen LogP contribution >= 0.6 is 11.6 Å². The zero-order valence-corrected chi connectivity index (χ0v) is 3.70. The first kappa shape index (κ1) is 5.76. The summed E-state index contributed by atoms with van der Waals surface area (Å²) >= 11 is 4.64. The first-order chi connectivity index (χ1) is 2.77. The van der Waals surface area contributed by atoms with Crippen LogP contribution in [0.5, 0.6) is 0 Å². The first-order valence-corrected chi connectivity index (χ1v) is 1.74. The summed E-state index contributed by atoms with van der Waals surface area (Å²) in [5.74, 6) is 0. The molecular weight excluding hydrogens is 106 g/mol. The molecule has 6 heavy (non-hydrogen) atoms. The number of hydrogen-bond donors (Lipinski definition) is 0. The number of rotatable bonds is 1. The van der Waals surface area contributed by atoms with Crippen LogP contribution in [0.15, 0.2) is 11.3 Å². The van der Waals surface area contributed by atoms with Gasteiger partial charge in [0, 0.05) is 6.08 Å². The lowest BCUT2D eigenvalue weighted by molar-refractivity contribution is 0.328. The van der Waals surface area contributed by atoms with Crippen LogP contribution in [0.3, 0.4) is 0 Å². The standard InChI is InChI=1S/C3H3ClFO/c4-3(6)1-2-5/h1H,2H2. The zero-order chi connectivity index (χ0) is 4.99. The molecule has 0 rings (SSSR count). The van der Waals surface area contributed by atoms with Crippen molar-refractivity contribution < 1.29 is 9.50 Å². The predicted octanol–water partition coefficient (Wildman–Crippen LogP) is 1.47. The second-order valence-electron chi connectivity index (χ2n) is 0.663. The number of halogens is 2. The van der Waals surface area contributed by atoms with Crippen LogP contribution in [0.2, 0.25) is 0 Å². The van der Waals surface area contributed by atoms with Gasteiger partial charge in [-0.2, -0.15) is 0 Å². The van der Waals surface area contributed by atoms with Crippen molar-refractivity contribution in [2.24, 2.45) is 0 Å². The molecule has 1 radical (unpaired) electrons. The molecule has 0 bridgehead atoms. The van der Waals surface area contributed by atoms with Gasteiger partial charge in [-0.15, -0.1) is 0 Å². The molecule has 0 heterocycles. The Morgan fingerprint density at radius 1 is 2.00 bits per heavy atom. The van der Waals surface area contributed by atoms with Crippen LogP contribution in [-0.2, 0) is 5.11 Å². The molecule has 0 saturated heterocycles. The van der Waals surface area contributed by atoms with E-state index in [1.165, 1.54) is 0 Å². The number of alkyl halides is 1. The maximum atomic E-state index is 10.9. The van der Waals surface area contributed by atoms with Gasteiger partial charge in [-0.05, 0) is 11.6 Å². The highest BCUT2D eigenvalue weighted by Gasteiger charge is 1.80. The molecule has 0 amide bonds. The van der Waals surface area contributed by atoms with Gasteiger partial charge in [-0.1, -0.05) is 0 Å². The Morgan fingerprint density at radius 3 is 2.50 bits per heavy atom. The zero-order valence-electron chi connectivity index (χ0n) is 2.95. The summed E-state index contributed by atoms with van der Waals surface area (Å²) in [6.45, 7) is -0.775. The van der Waals surface area contributed by atoms with Crippen molar-refractivity contribution in [2.75, 3.05) is 6.67 Å². The predicted molar refractivity (Wildman–Crippen MR) is 20.6 cm³/mol. The third kappa shape index (κ3) is 3.76. The van der Waals surface area contributed by atoms with Gasteiger partial charge in [0.05, 0.1) is 0 Å². The average molecular weight is 110 g/mol. The van der Waals surface area contributed by atoms with Crippen molar-refractivity contribution in [2.45, 2.75) is 0 Å². The molecule has 0 aliphatic rings. The normalized spacial score (nSPS) is 12.0. The fourth-order valence-electron chi connectivity index (χ4n) is 0.0607. The molecule has 0 aliphatic heterocycles. The van der Waals surface area contributed by atoms with E-state index in [1.807, 2.05) is 0 Å². The molecule has 0 aromatic heterocycles. The first-order valence-electron chi connectivity index (χ1n) is 1.36. The Kier molecular flexibility index (Phi) is 2.85. The summed E-state index contributed by atoms with van der Waals surface area (Å²) in [5.41, 5.74) is 0. The summed E-state index contributed by atoms with van der Waals surface area (Å²) in [6, 6.07) is 0. The highest BCUT2D eigenvalue weighted by atomic mass is 35.5. The van der Waals surface area contributed by atoms with Crippen molar-refractivity contribution >= 4 is 11.6 Å². The molecule has 0 N–H and O–H groups in total. The van der Waals surface area contributed by atoms with E-state index >= 15 is 0 Å². The molecule has 1 nitrogen and oxygen atoms in total. The third-order valence-electron chi connectivity index (χ3n) is 0.238. The Labute approximate surface area is 40.0 Å². The Morgan fingerprint density at radius 2 is 2.50 bits per heavy atom. The quantitative estimate of drug-likeness (QED) is 0.455. The maximum absolute atomic E-state index is 10.9. The molecule has 35 valence electrons. The minimum absolute atomic E-state index is 0.738. The van der Waals surface area contributed by atoms with Gasteiger partial charge in [0.2, 0.25) is 5.22 Å². The van der Waals surface area contributed by atoms with Crippen LogP contribution in [0.25, 0.3) is 0 Å². The lowest BCUT2D eigenvalue weighted by Gasteiger charge is -1.69. The molecule has 0 fully saturated rings. The van der Waals surface area contributed by atoms with Gasteiger partial charge in [0.15, 0.2) is 0 Å². The van der Waals surface area contributed by atoms with E-state index in [0.717, 1.165) is 6.08 Å². The molecule has 0 spiro atoms. The molecule has 0 aromatic rings. The SMILES string of the molecule is [O]C(Cl)=CCF. The minimum Gasteiger partial charge on any atom is -0.277 e. The average Bonchev–Trinajstić information content (AvgIpc) is 1.35. The third-order valence-corrected chi connectivity index (χ3v) is 0.392. The van der Waals surface area contributed by atoms with Gasteiger partial charge < -0.3 is 0 Å². The molecule has 0 unspecified atom stereocenters. The highest BCUT2D eigenvalue weighted by molar-refractivity contribution is 6.27. The van der Waals surface area contributed by atoms with Crippen molar-refractivity contribution in [3.8, 4) is 0 Å². The van der Waals surface area contributed by atoms with E-state index in [1.54, 1.807) is 0 Å². The van der Waals surface area contributed by atoms with E-state index < -0.39 is 11.9 Å². The summed E-state index contributed by atoms with van der Waals surface area (Å²) in [6.07, 6.45) is 0.752. The van der Waals surface area contributed by atoms with E-state index in [4.69, 9.17) is 0 Å². The summed E-state index contributed by atoms with van der Waals surface area (Å²) in [4.78, 5) is 0. The fraction of sp³-hybridized carbons (Fsp3) is 0.333. The van der Waals surface area contributed by atoms with Crippen LogP contribution in [-0.4, -0.2) is 6.67 Å². The molecule has 0 aliphatic carbocycles. The van der Waals surface area contributed by atoms with E-state index in [0.29, 0.717) is 0 Å². The molecule has 0 aromatic carbocycles. The molecule has 0 atom stereocenters. The largest absolute Gasteiger partial charge is 0.277 e. The van der Waals surface area contributed by atoms with Crippen LogP contribution in [0.4, 0.5) is 4.39 Å². The molecule has 3 heteroatoms. The van der Waals surface area contributed by atoms with Crippen molar-refractivity contribution in [3.05, 3.63) is 11.3 Å². The van der Waals surface area contributed by atoms with Crippen LogP contribution < -0.4 is 0 Å². The number of hydrogen-bond acceptors (Lipinski definition) is 0. The Hall–Kier alpha value is -0.240. The van der Waals surface area contributed by atoms with E-state index in [9.17, 15) is 9.50 Å². The highest BCUT2D eigenvalue weighted by Crippen LogP contribution is 1.92. The van der Waals surface area contributed by atoms with Crippen LogP contribution in [0, 0.1) is 0 Å². The monoisotopic (exact) mass is 109 g/mol. The van der Waals surface area contributed by atoms with Gasteiger partial charge in [0.25, 0.3) is 0 Å². The lowest BCUT2D eigenvalue weighted by atomic mass is 10.7. The lowest BCUT2D eigenvalue weighted by Crippen LogP contribution is -1.63. The molecular formula is C3H3ClFO. The maximum Gasteiger partial charge on any atom is 0.243 e. The van der Waals surface area contributed by atoms with Gasteiger partial charge in [-0.3, -0.25) is 5.11 Å². The Balaban J connectivity index is 3.14. The topological polar surface area (TPSA) is 19.9 Å². The van der Waals surface area contributed by atoms with E-state index in [2.05, 4.69) is 11.6 Å². The van der Waals surface area contributed by atoms with Crippen molar-refractivity contribution in [1.29, 1.82) is 0 Å². The van der Waals surface area contributed by atoms with Gasteiger partial charge in [0.1, 0.15) is 6.67 Å². The Bertz CT molecular complexity index is 57.8. The van der Waals surface area contributed by atoms with E-state index in [-0.39, 0.29) is 0 Å². The van der Waals surface area contributed by atoms with Gasteiger partial charge in [-0.25, -0.2) is 4.39 Å². The smallest absolute Gasteiger partial charge is 0.243 e. The second-order valence-corrected chi connectivity index (χ2v) is 1.04. The summed E-state index contributed by atoms with van der Waals surface area (Å²) in [7, 11) is 0. The number of allylic oxidation sites excluding steroid dienone is 1. The second kappa shape index (κ2) is 2.97. The summed E-state index contributed by atoms with van der Waals surface area (Å²) in [5, 5.41) is 8.78. The summed E-state index contributed by atoms with van der Waals surface area (Å²) < 4.78 is 10.9. The fourth-order valence-corrected chi connectivity index (χ4v) is 0.119. The van der Waals surface area contributed by atoms with Crippen LogP contribution in [0.1, 0.15) is 0 Å². The molecule has 0 saturated carbocycles. The van der Waals surface area contributed by atoms with Crippen molar-refractivity contribution in [1.82, 2.24) is 0 Å². The van der Waals surface area contributed by atoms with Gasteiger partial charge >= 0.3 is 0 Å². The van der Waals surface area contributed by atoms with Crippen molar-refractivity contribution in [3.63, 3.8) is 0 Å².